The molecule has 27 heavy (non-hydrogen) atoms. The van der Waals surface area contributed by atoms with Crippen LogP contribution in [0.3, 0.4) is 0 Å². The maximum Gasteiger partial charge on any atom is 0.316 e. The standard InChI is InChI=1S/C21H33N3O3/c1-16-14-17(2)23-20(22-16)27-15-21(26)10-12-24(13-11-21)19(25)9-8-18-6-4-3-5-7-18/h14,18,26H,3-13,15H2,1-2H3. The summed E-state index contributed by atoms with van der Waals surface area (Å²) < 4.78 is 5.66. The van der Waals surface area contributed by atoms with E-state index >= 15 is 0 Å². The molecule has 3 rings (SSSR count). The Kier molecular flexibility index (Phi) is 6.68. The predicted molar refractivity (Wildman–Crippen MR) is 104 cm³/mol. The van der Waals surface area contributed by atoms with E-state index in [9.17, 15) is 9.90 Å². The van der Waals surface area contributed by atoms with Crippen LogP contribution in [0.25, 0.3) is 0 Å². The molecule has 1 N–H and O–H groups in total. The number of rotatable bonds is 6. The average molecular weight is 376 g/mol. The third-order valence-corrected chi connectivity index (χ3v) is 5.97. The van der Waals surface area contributed by atoms with E-state index in [2.05, 4.69) is 9.97 Å². The van der Waals surface area contributed by atoms with Gasteiger partial charge < -0.3 is 14.7 Å². The lowest BCUT2D eigenvalue weighted by molar-refractivity contribution is -0.137. The molecule has 0 aromatic carbocycles. The van der Waals surface area contributed by atoms with Crippen molar-refractivity contribution in [1.29, 1.82) is 0 Å². The molecule has 2 heterocycles. The Labute approximate surface area is 162 Å². The second-order valence-electron chi connectivity index (χ2n) is 8.37. The summed E-state index contributed by atoms with van der Waals surface area (Å²) in [6, 6.07) is 2.20. The quantitative estimate of drug-likeness (QED) is 0.826. The van der Waals surface area contributed by atoms with Crippen molar-refractivity contribution in [3.8, 4) is 6.01 Å². The molecule has 1 aromatic heterocycles. The topological polar surface area (TPSA) is 75.6 Å². The van der Waals surface area contributed by atoms with Crippen molar-refractivity contribution < 1.29 is 14.6 Å². The largest absolute Gasteiger partial charge is 0.460 e. The Hall–Kier alpha value is -1.69. The number of carbonyl (C=O) groups is 1. The van der Waals surface area contributed by atoms with Crippen LogP contribution in [-0.4, -0.2) is 51.2 Å². The van der Waals surface area contributed by atoms with Gasteiger partial charge in [-0.25, -0.2) is 9.97 Å². The molecule has 1 saturated heterocycles. The number of carbonyl (C=O) groups excluding carboxylic acids is 1. The van der Waals surface area contributed by atoms with E-state index in [1.807, 2.05) is 24.8 Å². The number of aliphatic hydroxyl groups is 1. The van der Waals surface area contributed by atoms with Gasteiger partial charge in [-0.1, -0.05) is 32.1 Å². The fourth-order valence-corrected chi connectivity index (χ4v) is 4.24. The molecule has 6 heteroatoms. The normalized spacial score (nSPS) is 20.5. The molecule has 0 atom stereocenters. The Morgan fingerprint density at radius 1 is 1.19 bits per heavy atom. The molecule has 1 aliphatic carbocycles. The van der Waals surface area contributed by atoms with Crippen LogP contribution in [0.1, 0.15) is 69.2 Å². The van der Waals surface area contributed by atoms with Crippen molar-refractivity contribution in [2.24, 2.45) is 5.92 Å². The van der Waals surface area contributed by atoms with Crippen molar-refractivity contribution in [2.75, 3.05) is 19.7 Å². The molecule has 0 spiro atoms. The first-order valence-electron chi connectivity index (χ1n) is 10.4. The minimum Gasteiger partial charge on any atom is -0.460 e. The van der Waals surface area contributed by atoms with E-state index in [1.165, 1.54) is 32.1 Å². The van der Waals surface area contributed by atoms with E-state index in [4.69, 9.17) is 4.74 Å². The van der Waals surface area contributed by atoms with Gasteiger partial charge >= 0.3 is 6.01 Å². The number of hydrogen-bond donors (Lipinski definition) is 1. The molecule has 150 valence electrons. The zero-order valence-electron chi connectivity index (χ0n) is 16.7. The van der Waals surface area contributed by atoms with E-state index < -0.39 is 5.60 Å². The van der Waals surface area contributed by atoms with Gasteiger partial charge in [0.05, 0.1) is 0 Å². The zero-order valence-corrected chi connectivity index (χ0v) is 16.7. The molecule has 1 amide bonds. The van der Waals surface area contributed by atoms with Crippen molar-refractivity contribution in [3.05, 3.63) is 17.5 Å². The molecular weight excluding hydrogens is 342 g/mol. The highest BCUT2D eigenvalue weighted by Crippen LogP contribution is 2.28. The fraction of sp³-hybridized carbons (Fsp3) is 0.762. The minimum atomic E-state index is -0.916. The van der Waals surface area contributed by atoms with Gasteiger partial charge in [0.1, 0.15) is 12.2 Å². The highest BCUT2D eigenvalue weighted by Gasteiger charge is 2.35. The highest BCUT2D eigenvalue weighted by molar-refractivity contribution is 5.76. The maximum absolute atomic E-state index is 12.5. The van der Waals surface area contributed by atoms with Gasteiger partial charge in [0, 0.05) is 30.9 Å². The molecule has 6 nitrogen and oxygen atoms in total. The molecule has 0 radical (unpaired) electrons. The predicted octanol–water partition coefficient (Wildman–Crippen LogP) is 3.19. The Morgan fingerprint density at radius 2 is 1.81 bits per heavy atom. The number of hydrogen-bond acceptors (Lipinski definition) is 5. The van der Waals surface area contributed by atoms with Gasteiger partial charge in [0.2, 0.25) is 5.91 Å². The third kappa shape index (κ3) is 5.89. The molecule has 2 aliphatic rings. The van der Waals surface area contributed by atoms with Crippen molar-refractivity contribution in [1.82, 2.24) is 14.9 Å². The second-order valence-corrected chi connectivity index (χ2v) is 8.37. The first-order chi connectivity index (χ1) is 12.9. The van der Waals surface area contributed by atoms with Crippen LogP contribution in [0.15, 0.2) is 6.07 Å². The van der Waals surface area contributed by atoms with Crippen LogP contribution in [-0.2, 0) is 4.79 Å². The number of aromatic nitrogens is 2. The van der Waals surface area contributed by atoms with Crippen LogP contribution in [0.4, 0.5) is 0 Å². The first kappa shape index (κ1) is 20.1. The molecule has 1 saturated carbocycles. The van der Waals surface area contributed by atoms with E-state index in [0.29, 0.717) is 38.4 Å². The van der Waals surface area contributed by atoms with Crippen molar-refractivity contribution in [3.63, 3.8) is 0 Å². The van der Waals surface area contributed by atoms with Crippen LogP contribution in [0.2, 0.25) is 0 Å². The number of ether oxygens (including phenoxy) is 1. The lowest BCUT2D eigenvalue weighted by Crippen LogP contribution is -2.49. The van der Waals surface area contributed by atoms with Gasteiger partial charge in [-0.3, -0.25) is 4.79 Å². The molecule has 1 aromatic rings. The molecule has 0 unspecified atom stereocenters. The zero-order chi connectivity index (χ0) is 19.3. The van der Waals surface area contributed by atoms with Gasteiger partial charge in [-0.2, -0.15) is 0 Å². The SMILES string of the molecule is Cc1cc(C)nc(OCC2(O)CCN(C(=O)CCC3CCCCC3)CC2)n1. The molecule has 0 bridgehead atoms. The monoisotopic (exact) mass is 375 g/mol. The van der Waals surface area contributed by atoms with Crippen LogP contribution in [0.5, 0.6) is 6.01 Å². The van der Waals surface area contributed by atoms with E-state index in [0.717, 1.165) is 23.7 Å². The number of likely N-dealkylation sites (tertiary alicyclic amines) is 1. The van der Waals surface area contributed by atoms with Gasteiger partial charge in [0.25, 0.3) is 0 Å². The average Bonchev–Trinajstić information content (AvgIpc) is 2.65. The maximum atomic E-state index is 12.5. The smallest absolute Gasteiger partial charge is 0.316 e. The highest BCUT2D eigenvalue weighted by atomic mass is 16.5. The summed E-state index contributed by atoms with van der Waals surface area (Å²) in [5.41, 5.74) is 0.784. The summed E-state index contributed by atoms with van der Waals surface area (Å²) in [6.45, 7) is 5.15. The van der Waals surface area contributed by atoms with Crippen LogP contribution >= 0.6 is 0 Å². The Bertz CT molecular complexity index is 615. The lowest BCUT2D eigenvalue weighted by atomic mass is 9.86. The fourth-order valence-electron chi connectivity index (χ4n) is 4.24. The van der Waals surface area contributed by atoms with E-state index in [1.54, 1.807) is 0 Å². The molecule has 1 aliphatic heterocycles. The van der Waals surface area contributed by atoms with Crippen LogP contribution < -0.4 is 4.74 Å². The van der Waals surface area contributed by atoms with Gasteiger partial charge in [0.15, 0.2) is 0 Å². The lowest BCUT2D eigenvalue weighted by Gasteiger charge is -2.38. The Balaban J connectivity index is 1.42. The number of piperidine rings is 1. The van der Waals surface area contributed by atoms with E-state index in [-0.39, 0.29) is 12.5 Å². The third-order valence-electron chi connectivity index (χ3n) is 5.97. The first-order valence-corrected chi connectivity index (χ1v) is 10.4. The second kappa shape index (κ2) is 9.00. The number of aryl methyl sites for hydroxylation is 2. The summed E-state index contributed by atoms with van der Waals surface area (Å²) in [6.07, 6.45) is 9.29. The summed E-state index contributed by atoms with van der Waals surface area (Å²) in [7, 11) is 0. The molecular formula is C21H33N3O3. The van der Waals surface area contributed by atoms with Gasteiger partial charge in [-0.05, 0) is 45.1 Å². The van der Waals surface area contributed by atoms with Crippen molar-refractivity contribution in [2.45, 2.75) is 77.2 Å². The summed E-state index contributed by atoms with van der Waals surface area (Å²) >= 11 is 0. The molecule has 2 fully saturated rings. The number of nitrogens with zero attached hydrogens (tertiary/aromatic N) is 3. The minimum absolute atomic E-state index is 0.167. The van der Waals surface area contributed by atoms with Gasteiger partial charge in [-0.15, -0.1) is 0 Å². The summed E-state index contributed by atoms with van der Waals surface area (Å²) in [5.74, 6) is 0.969. The summed E-state index contributed by atoms with van der Waals surface area (Å²) in [4.78, 5) is 22.9. The number of amides is 1. The Morgan fingerprint density at radius 3 is 2.44 bits per heavy atom. The summed E-state index contributed by atoms with van der Waals surface area (Å²) in [5, 5.41) is 10.8. The van der Waals surface area contributed by atoms with Crippen LogP contribution in [0, 0.1) is 19.8 Å². The van der Waals surface area contributed by atoms with Crippen molar-refractivity contribution >= 4 is 5.91 Å².